The summed E-state index contributed by atoms with van der Waals surface area (Å²) in [5.41, 5.74) is 1.29. The number of carboxylic acid groups (broad SMARTS) is 1. The number of carbonyl (C=O) groups is 1. The summed E-state index contributed by atoms with van der Waals surface area (Å²) in [5, 5.41) is 13.7. The van der Waals surface area contributed by atoms with Gasteiger partial charge in [0.25, 0.3) is 0 Å². The van der Waals surface area contributed by atoms with Gasteiger partial charge in [-0.1, -0.05) is 23.4 Å². The Labute approximate surface area is 157 Å². The van der Waals surface area contributed by atoms with Crippen molar-refractivity contribution < 1.29 is 18.8 Å². The van der Waals surface area contributed by atoms with Crippen LogP contribution in [0.4, 0.5) is 14.9 Å². The lowest BCUT2D eigenvalue weighted by Crippen LogP contribution is -2.33. The van der Waals surface area contributed by atoms with Crippen LogP contribution < -0.4 is 4.90 Å². The maximum Gasteiger partial charge on any atom is 0.412 e. The average Bonchev–Trinajstić information content (AvgIpc) is 2.97. The van der Waals surface area contributed by atoms with Crippen molar-refractivity contribution in [3.8, 4) is 11.5 Å². The number of halogens is 2. The van der Waals surface area contributed by atoms with Crippen molar-refractivity contribution in [2.24, 2.45) is 0 Å². The van der Waals surface area contributed by atoms with Gasteiger partial charge in [0.15, 0.2) is 0 Å². The Bertz CT molecular complexity index is 943. The van der Waals surface area contributed by atoms with E-state index in [-0.39, 0.29) is 17.0 Å². The molecule has 1 N–H and O–H groups in total. The molecule has 2 heterocycles. The van der Waals surface area contributed by atoms with E-state index in [0.29, 0.717) is 11.4 Å². The first-order chi connectivity index (χ1) is 12.4. The first-order valence-corrected chi connectivity index (χ1v) is 8.54. The summed E-state index contributed by atoms with van der Waals surface area (Å²) in [4.78, 5) is 17.3. The smallest absolute Gasteiger partial charge is 0.412 e. The number of rotatable bonds is 4. The Morgan fingerprint density at radius 3 is 2.65 bits per heavy atom. The van der Waals surface area contributed by atoms with E-state index in [1.54, 1.807) is 50.4 Å². The van der Waals surface area contributed by atoms with E-state index in [0.717, 1.165) is 9.37 Å². The minimum absolute atomic E-state index is 0.209. The molecule has 1 atom stereocenters. The van der Waals surface area contributed by atoms with Crippen LogP contribution in [0.3, 0.4) is 0 Å². The molecule has 0 saturated carbocycles. The summed E-state index contributed by atoms with van der Waals surface area (Å²) in [6.45, 7) is 3.24. The van der Waals surface area contributed by atoms with Crippen LogP contribution in [-0.2, 0) is 0 Å². The monoisotopic (exact) mass is 419 g/mol. The van der Waals surface area contributed by atoms with Crippen LogP contribution in [0.5, 0.6) is 0 Å². The van der Waals surface area contributed by atoms with E-state index in [4.69, 9.17) is 4.52 Å². The van der Waals surface area contributed by atoms with Gasteiger partial charge < -0.3 is 9.63 Å². The van der Waals surface area contributed by atoms with E-state index in [1.165, 1.54) is 6.07 Å². The SMILES string of the molecule is Cc1noc(-c2ccc(Br)cn2)c1N(C(=O)O)[C@H](C)c1ccccc1F. The van der Waals surface area contributed by atoms with Crippen molar-refractivity contribution in [1.82, 2.24) is 10.1 Å². The molecular weight excluding hydrogens is 405 g/mol. The number of amides is 1. The molecule has 0 spiro atoms. The zero-order valence-corrected chi connectivity index (χ0v) is 15.6. The van der Waals surface area contributed by atoms with Crippen LogP contribution in [0.1, 0.15) is 24.2 Å². The highest BCUT2D eigenvalue weighted by molar-refractivity contribution is 9.10. The van der Waals surface area contributed by atoms with Crippen molar-refractivity contribution in [3.63, 3.8) is 0 Å². The standard InChI is InChI=1S/C18H15BrFN3O3/c1-10-16(17(26-22-10)15-8-7-12(19)9-21-15)23(18(24)25)11(2)13-5-3-4-6-14(13)20/h3-9,11H,1-2H3,(H,24,25)/t11-/m1/s1. The maximum atomic E-state index is 14.2. The van der Waals surface area contributed by atoms with Gasteiger partial charge in [-0.15, -0.1) is 0 Å². The van der Waals surface area contributed by atoms with E-state index < -0.39 is 18.0 Å². The Hall–Kier alpha value is -2.74. The third-order valence-corrected chi connectivity index (χ3v) is 4.45. The third-order valence-electron chi connectivity index (χ3n) is 3.98. The summed E-state index contributed by atoms with van der Waals surface area (Å²) in [7, 11) is 0. The maximum absolute atomic E-state index is 14.2. The predicted octanol–water partition coefficient (Wildman–Crippen LogP) is 5.19. The molecule has 2 aromatic heterocycles. The van der Waals surface area contributed by atoms with Crippen LogP contribution in [0, 0.1) is 12.7 Å². The summed E-state index contributed by atoms with van der Waals surface area (Å²) in [6.07, 6.45) is 0.327. The average molecular weight is 420 g/mol. The van der Waals surface area contributed by atoms with Gasteiger partial charge in [0.05, 0.1) is 6.04 Å². The number of pyridine rings is 1. The largest absolute Gasteiger partial charge is 0.465 e. The number of aryl methyl sites for hydroxylation is 1. The number of hydrogen-bond donors (Lipinski definition) is 1. The van der Waals surface area contributed by atoms with Gasteiger partial charge in [-0.25, -0.2) is 9.18 Å². The molecule has 0 aliphatic rings. The van der Waals surface area contributed by atoms with Crippen LogP contribution in [0.2, 0.25) is 0 Å². The lowest BCUT2D eigenvalue weighted by molar-refractivity contribution is 0.199. The zero-order chi connectivity index (χ0) is 18.8. The van der Waals surface area contributed by atoms with Gasteiger partial charge in [0, 0.05) is 16.2 Å². The van der Waals surface area contributed by atoms with Crippen molar-refractivity contribution in [1.29, 1.82) is 0 Å². The van der Waals surface area contributed by atoms with Gasteiger partial charge in [-0.3, -0.25) is 9.88 Å². The summed E-state index contributed by atoms with van der Waals surface area (Å²) < 4.78 is 20.3. The lowest BCUT2D eigenvalue weighted by atomic mass is 10.0. The molecule has 3 aromatic rings. The van der Waals surface area contributed by atoms with Gasteiger partial charge in [0.1, 0.15) is 22.9 Å². The second-order valence-corrected chi connectivity index (χ2v) is 6.57. The molecular formula is C18H15BrFN3O3. The highest BCUT2D eigenvalue weighted by Crippen LogP contribution is 2.38. The number of benzene rings is 1. The summed E-state index contributed by atoms with van der Waals surface area (Å²) in [5.74, 6) is -0.274. The molecule has 134 valence electrons. The van der Waals surface area contributed by atoms with Crippen molar-refractivity contribution >= 4 is 27.7 Å². The van der Waals surface area contributed by atoms with Crippen LogP contribution >= 0.6 is 15.9 Å². The fourth-order valence-corrected chi connectivity index (χ4v) is 2.97. The lowest BCUT2D eigenvalue weighted by Gasteiger charge is -2.26. The van der Waals surface area contributed by atoms with Gasteiger partial charge >= 0.3 is 6.09 Å². The van der Waals surface area contributed by atoms with Crippen LogP contribution in [0.15, 0.2) is 51.6 Å². The number of anilines is 1. The predicted molar refractivity (Wildman–Crippen MR) is 97.5 cm³/mol. The van der Waals surface area contributed by atoms with Crippen molar-refractivity contribution in [2.75, 3.05) is 4.90 Å². The quantitative estimate of drug-likeness (QED) is 0.628. The van der Waals surface area contributed by atoms with Crippen molar-refractivity contribution in [2.45, 2.75) is 19.9 Å². The topological polar surface area (TPSA) is 79.5 Å². The van der Waals surface area contributed by atoms with E-state index in [2.05, 4.69) is 26.1 Å². The molecule has 8 heteroatoms. The molecule has 0 aliphatic carbocycles. The molecule has 6 nitrogen and oxygen atoms in total. The van der Waals surface area contributed by atoms with Crippen LogP contribution in [0.25, 0.3) is 11.5 Å². The molecule has 0 bridgehead atoms. The van der Waals surface area contributed by atoms with E-state index in [1.807, 2.05) is 0 Å². The second kappa shape index (κ2) is 7.25. The number of hydrogen-bond acceptors (Lipinski definition) is 4. The Kier molecular flexibility index (Phi) is 5.03. The zero-order valence-electron chi connectivity index (χ0n) is 14.0. The van der Waals surface area contributed by atoms with E-state index in [9.17, 15) is 14.3 Å². The van der Waals surface area contributed by atoms with Gasteiger partial charge in [-0.2, -0.15) is 0 Å². The van der Waals surface area contributed by atoms with Gasteiger partial charge in [0.2, 0.25) is 5.76 Å². The van der Waals surface area contributed by atoms with Crippen molar-refractivity contribution in [3.05, 3.63) is 64.1 Å². The molecule has 0 saturated heterocycles. The Balaban J connectivity index is 2.13. The molecule has 3 rings (SSSR count). The minimum atomic E-state index is -1.24. The summed E-state index contributed by atoms with van der Waals surface area (Å²) >= 11 is 3.30. The Morgan fingerprint density at radius 1 is 1.31 bits per heavy atom. The molecule has 1 aromatic carbocycles. The summed E-state index contributed by atoms with van der Waals surface area (Å²) in [6, 6.07) is 8.71. The molecule has 0 fully saturated rings. The molecule has 1 amide bonds. The first-order valence-electron chi connectivity index (χ1n) is 7.75. The Morgan fingerprint density at radius 2 is 2.04 bits per heavy atom. The molecule has 0 radical (unpaired) electrons. The molecule has 0 unspecified atom stereocenters. The normalized spacial score (nSPS) is 12.0. The second-order valence-electron chi connectivity index (χ2n) is 5.66. The van der Waals surface area contributed by atoms with Gasteiger partial charge in [-0.05, 0) is 48.0 Å². The minimum Gasteiger partial charge on any atom is -0.465 e. The highest BCUT2D eigenvalue weighted by Gasteiger charge is 2.32. The first kappa shape index (κ1) is 18.1. The number of aromatic nitrogens is 2. The highest BCUT2D eigenvalue weighted by atomic mass is 79.9. The fraction of sp³-hybridized carbons (Fsp3) is 0.167. The third kappa shape index (κ3) is 3.32. The molecule has 0 aliphatic heterocycles. The van der Waals surface area contributed by atoms with Crippen LogP contribution in [-0.4, -0.2) is 21.3 Å². The fourth-order valence-electron chi connectivity index (χ4n) is 2.73. The van der Waals surface area contributed by atoms with E-state index >= 15 is 0 Å². The number of nitrogens with zero attached hydrogens (tertiary/aromatic N) is 3. The molecule has 26 heavy (non-hydrogen) atoms.